The summed E-state index contributed by atoms with van der Waals surface area (Å²) < 4.78 is 0. The van der Waals surface area contributed by atoms with Gasteiger partial charge in [-0.15, -0.1) is 0 Å². The molecule has 0 amide bonds. The number of benzene rings is 1. The molecule has 1 aliphatic rings. The molecule has 3 nitrogen and oxygen atoms in total. The Labute approximate surface area is 126 Å². The molecule has 4 heteroatoms. The molecule has 1 heterocycles. The smallest absolute Gasteiger partial charge is 0.157 e. The molecule has 1 N–H and O–H groups in total. The van der Waals surface area contributed by atoms with Crippen LogP contribution in [0.5, 0.6) is 0 Å². The molecule has 1 fully saturated rings. The molecule has 0 aromatic heterocycles. The number of amidine groups is 1. The molecule has 0 aliphatic carbocycles. The van der Waals surface area contributed by atoms with Gasteiger partial charge in [0.05, 0.1) is 12.6 Å². The number of aliphatic imine (C=N–C) groups is 1. The molecule has 2 atom stereocenters. The fourth-order valence-corrected chi connectivity index (χ4v) is 3.20. The zero-order valence-corrected chi connectivity index (χ0v) is 13.5. The molecule has 0 radical (unpaired) electrons. The van der Waals surface area contributed by atoms with Crippen LogP contribution in [0.2, 0.25) is 0 Å². The van der Waals surface area contributed by atoms with E-state index >= 15 is 0 Å². The van der Waals surface area contributed by atoms with Crippen molar-refractivity contribution in [1.82, 2.24) is 10.2 Å². The van der Waals surface area contributed by atoms with Crippen molar-refractivity contribution in [3.05, 3.63) is 35.9 Å². The van der Waals surface area contributed by atoms with Crippen LogP contribution < -0.4 is 5.32 Å². The molecular formula is C16H25N3S. The third-order valence-electron chi connectivity index (χ3n) is 3.94. The Morgan fingerprint density at radius 2 is 2.15 bits per heavy atom. The lowest BCUT2D eigenvalue weighted by atomic mass is 10.1. The lowest BCUT2D eigenvalue weighted by Gasteiger charge is -2.22. The molecule has 2 rings (SSSR count). The summed E-state index contributed by atoms with van der Waals surface area (Å²) in [7, 11) is 2.18. The van der Waals surface area contributed by atoms with E-state index in [1.54, 1.807) is 0 Å². The van der Waals surface area contributed by atoms with Crippen LogP contribution in [0.1, 0.15) is 31.9 Å². The Kier molecular flexibility index (Phi) is 5.92. The molecule has 1 saturated heterocycles. The number of nitrogens with zero attached hydrogens (tertiary/aromatic N) is 2. The van der Waals surface area contributed by atoms with Crippen molar-refractivity contribution in [3.8, 4) is 0 Å². The van der Waals surface area contributed by atoms with Crippen LogP contribution >= 0.6 is 11.8 Å². The van der Waals surface area contributed by atoms with Crippen molar-refractivity contribution >= 4 is 16.9 Å². The first-order chi connectivity index (χ1) is 9.70. The van der Waals surface area contributed by atoms with E-state index in [9.17, 15) is 0 Å². The van der Waals surface area contributed by atoms with Crippen molar-refractivity contribution in [2.45, 2.75) is 32.4 Å². The van der Waals surface area contributed by atoms with Gasteiger partial charge in [-0.2, -0.15) is 0 Å². The van der Waals surface area contributed by atoms with Gasteiger partial charge < -0.3 is 10.2 Å². The summed E-state index contributed by atoms with van der Waals surface area (Å²) in [6, 6.07) is 11.7. The summed E-state index contributed by atoms with van der Waals surface area (Å²) in [5, 5.41) is 4.61. The van der Waals surface area contributed by atoms with Gasteiger partial charge in [-0.3, -0.25) is 4.99 Å². The van der Waals surface area contributed by atoms with E-state index in [4.69, 9.17) is 0 Å². The van der Waals surface area contributed by atoms with E-state index in [1.807, 2.05) is 11.8 Å². The summed E-state index contributed by atoms with van der Waals surface area (Å²) >= 11 is 1.83. The first kappa shape index (κ1) is 15.4. The van der Waals surface area contributed by atoms with E-state index in [-0.39, 0.29) is 0 Å². The van der Waals surface area contributed by atoms with E-state index < -0.39 is 0 Å². The number of rotatable bonds is 6. The van der Waals surface area contributed by atoms with Gasteiger partial charge in [0, 0.05) is 18.3 Å². The fraction of sp³-hybridized carbons (Fsp3) is 0.562. The SMILES string of the molecule is CCC(C)N(C)CCN=C1NC(c2ccccc2)CS1. The quantitative estimate of drug-likeness (QED) is 0.872. The Bertz CT molecular complexity index is 433. The van der Waals surface area contributed by atoms with Gasteiger partial charge in [0.15, 0.2) is 5.17 Å². The fourth-order valence-electron chi connectivity index (χ4n) is 2.19. The van der Waals surface area contributed by atoms with Crippen LogP contribution in [0.15, 0.2) is 35.3 Å². The zero-order chi connectivity index (χ0) is 14.4. The number of hydrogen-bond acceptors (Lipinski definition) is 3. The maximum Gasteiger partial charge on any atom is 0.157 e. The van der Waals surface area contributed by atoms with Crippen molar-refractivity contribution < 1.29 is 0 Å². The van der Waals surface area contributed by atoms with Crippen LogP contribution in [0.25, 0.3) is 0 Å². The highest BCUT2D eigenvalue weighted by molar-refractivity contribution is 8.14. The molecule has 110 valence electrons. The minimum atomic E-state index is 0.409. The lowest BCUT2D eigenvalue weighted by molar-refractivity contribution is 0.259. The Hall–Kier alpha value is -1.00. The number of thioether (sulfide) groups is 1. The predicted octanol–water partition coefficient (Wildman–Crippen LogP) is 3.15. The molecule has 1 aromatic rings. The molecule has 20 heavy (non-hydrogen) atoms. The van der Waals surface area contributed by atoms with Crippen LogP contribution in [0.3, 0.4) is 0 Å². The van der Waals surface area contributed by atoms with E-state index in [1.165, 1.54) is 12.0 Å². The van der Waals surface area contributed by atoms with Gasteiger partial charge in [0.1, 0.15) is 0 Å². The monoisotopic (exact) mass is 291 g/mol. The first-order valence-corrected chi connectivity index (χ1v) is 8.38. The normalized spacial score (nSPS) is 22.2. The highest BCUT2D eigenvalue weighted by atomic mass is 32.2. The van der Waals surface area contributed by atoms with Gasteiger partial charge in [0.2, 0.25) is 0 Å². The van der Waals surface area contributed by atoms with Crippen molar-refractivity contribution in [1.29, 1.82) is 0 Å². The number of nitrogens with one attached hydrogen (secondary N) is 1. The lowest BCUT2D eigenvalue weighted by Crippen LogP contribution is -2.31. The third-order valence-corrected chi connectivity index (χ3v) is 4.96. The van der Waals surface area contributed by atoms with E-state index in [2.05, 4.69) is 66.4 Å². The summed E-state index contributed by atoms with van der Waals surface area (Å²) in [6.07, 6.45) is 1.19. The minimum absolute atomic E-state index is 0.409. The topological polar surface area (TPSA) is 27.6 Å². The maximum atomic E-state index is 4.68. The highest BCUT2D eigenvalue weighted by Crippen LogP contribution is 2.25. The Balaban J connectivity index is 1.79. The average Bonchev–Trinajstić information content (AvgIpc) is 2.96. The van der Waals surface area contributed by atoms with Gasteiger partial charge in [-0.1, -0.05) is 49.0 Å². The number of hydrogen-bond donors (Lipinski definition) is 1. The summed E-state index contributed by atoms with van der Waals surface area (Å²) in [5.74, 6) is 1.07. The minimum Gasteiger partial charge on any atom is -0.357 e. The van der Waals surface area contributed by atoms with Gasteiger partial charge >= 0.3 is 0 Å². The second-order valence-corrected chi connectivity index (χ2v) is 6.35. The summed E-state index contributed by atoms with van der Waals surface area (Å²) in [5.41, 5.74) is 1.35. The van der Waals surface area contributed by atoms with Gasteiger partial charge in [-0.05, 0) is 26.0 Å². The molecule has 0 bridgehead atoms. The van der Waals surface area contributed by atoms with Crippen molar-refractivity contribution in [2.24, 2.45) is 4.99 Å². The molecule has 0 saturated carbocycles. The van der Waals surface area contributed by atoms with Crippen LogP contribution in [-0.2, 0) is 0 Å². The van der Waals surface area contributed by atoms with Crippen LogP contribution in [0, 0.1) is 0 Å². The largest absolute Gasteiger partial charge is 0.357 e. The Morgan fingerprint density at radius 1 is 1.40 bits per heavy atom. The average molecular weight is 291 g/mol. The summed E-state index contributed by atoms with van der Waals surface area (Å²) in [4.78, 5) is 7.06. The molecule has 0 spiro atoms. The van der Waals surface area contributed by atoms with Gasteiger partial charge in [-0.25, -0.2) is 0 Å². The van der Waals surface area contributed by atoms with Crippen LogP contribution in [0.4, 0.5) is 0 Å². The van der Waals surface area contributed by atoms with E-state index in [0.29, 0.717) is 12.1 Å². The standard InChI is InChI=1S/C16H25N3S/c1-4-13(2)19(3)11-10-17-16-18-15(12-20-16)14-8-6-5-7-9-14/h5-9,13,15H,4,10-12H2,1-3H3,(H,17,18). The zero-order valence-electron chi connectivity index (χ0n) is 12.7. The molecule has 2 unspecified atom stereocenters. The second kappa shape index (κ2) is 7.70. The summed E-state index contributed by atoms with van der Waals surface area (Å²) in [6.45, 7) is 6.39. The van der Waals surface area contributed by atoms with Crippen molar-refractivity contribution in [2.75, 3.05) is 25.9 Å². The van der Waals surface area contributed by atoms with Gasteiger partial charge in [0.25, 0.3) is 0 Å². The maximum absolute atomic E-state index is 4.68. The number of likely N-dealkylation sites (N-methyl/N-ethyl adjacent to an activating group) is 1. The van der Waals surface area contributed by atoms with Crippen LogP contribution in [-0.4, -0.2) is 42.0 Å². The van der Waals surface area contributed by atoms with E-state index in [0.717, 1.165) is 24.0 Å². The molecule has 1 aromatic carbocycles. The Morgan fingerprint density at radius 3 is 2.85 bits per heavy atom. The highest BCUT2D eigenvalue weighted by Gasteiger charge is 2.21. The molecule has 1 aliphatic heterocycles. The third kappa shape index (κ3) is 4.25. The first-order valence-electron chi connectivity index (χ1n) is 7.39. The predicted molar refractivity (Wildman–Crippen MR) is 89.5 cm³/mol. The van der Waals surface area contributed by atoms with Crippen molar-refractivity contribution in [3.63, 3.8) is 0 Å². The second-order valence-electron chi connectivity index (χ2n) is 5.34. The molecular weight excluding hydrogens is 266 g/mol.